The maximum atomic E-state index is 4.92. The Labute approximate surface area is 84.3 Å². The Morgan fingerprint density at radius 2 is 2.50 bits per heavy atom. The molecule has 2 rings (SSSR count). The van der Waals surface area contributed by atoms with Crippen LogP contribution in [0.2, 0.25) is 0 Å². The Kier molecular flexibility index (Phi) is 2.84. The topological polar surface area (TPSA) is 41.3 Å². The average Bonchev–Trinajstić information content (AvgIpc) is 2.72. The van der Waals surface area contributed by atoms with E-state index >= 15 is 0 Å². The summed E-state index contributed by atoms with van der Waals surface area (Å²) in [6.07, 6.45) is 3.16. The number of nitrogens with one attached hydrogen (secondary N) is 1. The molecule has 2 heterocycles. The van der Waals surface area contributed by atoms with Gasteiger partial charge in [-0.05, 0) is 13.0 Å². The van der Waals surface area contributed by atoms with Crippen LogP contribution in [0.1, 0.15) is 12.6 Å². The molecule has 0 saturated carbocycles. The van der Waals surface area contributed by atoms with Gasteiger partial charge in [-0.15, -0.1) is 0 Å². The minimum atomic E-state index is 0.580. The molecule has 0 spiro atoms. The molecule has 0 radical (unpaired) electrons. The molecule has 4 heteroatoms. The highest BCUT2D eigenvalue weighted by molar-refractivity contribution is 4.93. The first kappa shape index (κ1) is 9.68. The molecule has 1 N–H and O–H groups in total. The number of aromatic nitrogens is 1. The summed E-state index contributed by atoms with van der Waals surface area (Å²) in [4.78, 5) is 6.43. The number of likely N-dealkylation sites (N-methyl/N-ethyl adjacent to an activating group) is 1. The highest BCUT2D eigenvalue weighted by Gasteiger charge is 2.26. The summed E-state index contributed by atoms with van der Waals surface area (Å²) >= 11 is 0. The fourth-order valence-corrected chi connectivity index (χ4v) is 2.04. The molecule has 0 bridgehead atoms. The van der Waals surface area contributed by atoms with Crippen molar-refractivity contribution in [2.24, 2.45) is 5.92 Å². The second kappa shape index (κ2) is 4.11. The molecule has 0 aromatic carbocycles. The van der Waals surface area contributed by atoms with E-state index in [1.165, 1.54) is 12.9 Å². The molecule has 4 nitrogen and oxygen atoms in total. The van der Waals surface area contributed by atoms with E-state index in [0.29, 0.717) is 12.0 Å². The summed E-state index contributed by atoms with van der Waals surface area (Å²) in [5.41, 5.74) is 0.978. The van der Waals surface area contributed by atoms with Gasteiger partial charge in [0.25, 0.3) is 0 Å². The van der Waals surface area contributed by atoms with Gasteiger partial charge in [0.2, 0.25) is 0 Å². The molecule has 0 amide bonds. The number of likely N-dealkylation sites (tertiary alicyclic amines) is 1. The quantitative estimate of drug-likeness (QED) is 0.771. The van der Waals surface area contributed by atoms with Gasteiger partial charge in [-0.3, -0.25) is 0 Å². The smallest absolute Gasteiger partial charge is 0.180 e. The molecule has 1 aliphatic rings. The lowest BCUT2D eigenvalue weighted by molar-refractivity contribution is 0.396. The van der Waals surface area contributed by atoms with Crippen molar-refractivity contribution in [1.82, 2.24) is 15.2 Å². The van der Waals surface area contributed by atoms with Gasteiger partial charge in [0.05, 0.1) is 5.69 Å². The lowest BCUT2D eigenvalue weighted by Gasteiger charge is -2.14. The maximum Gasteiger partial charge on any atom is 0.180 e. The molecule has 0 aliphatic carbocycles. The lowest BCUT2D eigenvalue weighted by Crippen LogP contribution is -2.34. The molecule has 14 heavy (non-hydrogen) atoms. The fraction of sp³-hybridized carbons (Fsp3) is 0.700. The predicted octanol–water partition coefficient (Wildman–Crippen LogP) is 0.714. The van der Waals surface area contributed by atoms with Crippen molar-refractivity contribution < 1.29 is 4.42 Å². The average molecular weight is 195 g/mol. The lowest BCUT2D eigenvalue weighted by atomic mass is 10.1. The minimum Gasteiger partial charge on any atom is -0.451 e. The second-order valence-corrected chi connectivity index (χ2v) is 4.17. The van der Waals surface area contributed by atoms with Gasteiger partial charge in [0, 0.05) is 25.7 Å². The van der Waals surface area contributed by atoms with Crippen LogP contribution in [0.25, 0.3) is 0 Å². The molecular weight excluding hydrogens is 178 g/mol. The van der Waals surface area contributed by atoms with E-state index in [1.807, 2.05) is 0 Å². The van der Waals surface area contributed by atoms with E-state index < -0.39 is 0 Å². The molecule has 1 aromatic heterocycles. The van der Waals surface area contributed by atoms with E-state index in [9.17, 15) is 0 Å². The van der Waals surface area contributed by atoms with E-state index in [1.54, 1.807) is 6.26 Å². The number of hydrogen-bond acceptors (Lipinski definition) is 4. The van der Waals surface area contributed by atoms with Crippen LogP contribution < -0.4 is 5.32 Å². The van der Waals surface area contributed by atoms with Gasteiger partial charge in [-0.25, -0.2) is 4.98 Å². The van der Waals surface area contributed by atoms with E-state index in [-0.39, 0.29) is 0 Å². The Morgan fingerprint density at radius 3 is 3.07 bits per heavy atom. The van der Waals surface area contributed by atoms with Gasteiger partial charge in [0.1, 0.15) is 6.26 Å². The highest BCUT2D eigenvalue weighted by atomic mass is 16.3. The van der Waals surface area contributed by atoms with Crippen molar-refractivity contribution in [2.45, 2.75) is 19.5 Å². The SMILES string of the molecule is CC1CN(C)CC1NCc1cocn1. The van der Waals surface area contributed by atoms with Crippen molar-refractivity contribution in [2.75, 3.05) is 20.1 Å². The number of oxazole rings is 1. The van der Waals surface area contributed by atoms with Crippen LogP contribution in [0.15, 0.2) is 17.1 Å². The van der Waals surface area contributed by atoms with E-state index in [0.717, 1.165) is 18.8 Å². The molecule has 1 aromatic rings. The first-order valence-corrected chi connectivity index (χ1v) is 5.04. The summed E-state index contributed by atoms with van der Waals surface area (Å²) in [7, 11) is 2.16. The van der Waals surface area contributed by atoms with Gasteiger partial charge < -0.3 is 14.6 Å². The van der Waals surface area contributed by atoms with Crippen molar-refractivity contribution in [1.29, 1.82) is 0 Å². The first-order valence-electron chi connectivity index (χ1n) is 5.04. The standard InChI is InChI=1S/C10H17N3O/c1-8-4-13(2)5-10(8)11-3-9-6-14-7-12-9/h6-8,10-11H,3-5H2,1-2H3. The Bertz CT molecular complexity index is 273. The number of hydrogen-bond donors (Lipinski definition) is 1. The summed E-state index contributed by atoms with van der Waals surface area (Å²) < 4.78 is 4.92. The molecule has 1 saturated heterocycles. The molecule has 78 valence electrons. The van der Waals surface area contributed by atoms with Gasteiger partial charge >= 0.3 is 0 Å². The van der Waals surface area contributed by atoms with Crippen molar-refractivity contribution in [3.05, 3.63) is 18.4 Å². The summed E-state index contributed by atoms with van der Waals surface area (Å²) in [5.74, 6) is 0.715. The molecule has 1 fully saturated rings. The van der Waals surface area contributed by atoms with Gasteiger partial charge in [-0.1, -0.05) is 6.92 Å². The predicted molar refractivity (Wildman–Crippen MR) is 53.8 cm³/mol. The van der Waals surface area contributed by atoms with Crippen LogP contribution in [0, 0.1) is 5.92 Å². The summed E-state index contributed by atoms with van der Waals surface area (Å²) in [6.45, 7) is 5.39. The van der Waals surface area contributed by atoms with Crippen molar-refractivity contribution in [3.63, 3.8) is 0 Å². The number of rotatable bonds is 3. The normalized spacial score (nSPS) is 28.4. The monoisotopic (exact) mass is 195 g/mol. The molecule has 1 aliphatic heterocycles. The molecular formula is C10H17N3O. The van der Waals surface area contributed by atoms with Gasteiger partial charge in [-0.2, -0.15) is 0 Å². The molecule has 2 atom stereocenters. The van der Waals surface area contributed by atoms with Crippen LogP contribution in [0.3, 0.4) is 0 Å². The van der Waals surface area contributed by atoms with Gasteiger partial charge in [0.15, 0.2) is 6.39 Å². The van der Waals surface area contributed by atoms with E-state index in [2.05, 4.69) is 29.2 Å². The van der Waals surface area contributed by atoms with Crippen LogP contribution >= 0.6 is 0 Å². The Balaban J connectivity index is 1.81. The number of nitrogens with zero attached hydrogens (tertiary/aromatic N) is 2. The maximum absolute atomic E-state index is 4.92. The fourth-order valence-electron chi connectivity index (χ4n) is 2.04. The van der Waals surface area contributed by atoms with Crippen LogP contribution in [0.5, 0.6) is 0 Å². The third-order valence-corrected chi connectivity index (χ3v) is 2.82. The van der Waals surface area contributed by atoms with Crippen LogP contribution in [-0.4, -0.2) is 36.1 Å². The van der Waals surface area contributed by atoms with Crippen LogP contribution in [0.4, 0.5) is 0 Å². The van der Waals surface area contributed by atoms with E-state index in [4.69, 9.17) is 4.42 Å². The van der Waals surface area contributed by atoms with Crippen molar-refractivity contribution >= 4 is 0 Å². The zero-order chi connectivity index (χ0) is 9.97. The zero-order valence-corrected chi connectivity index (χ0v) is 8.73. The Morgan fingerprint density at radius 1 is 1.64 bits per heavy atom. The second-order valence-electron chi connectivity index (χ2n) is 4.17. The van der Waals surface area contributed by atoms with Crippen molar-refractivity contribution in [3.8, 4) is 0 Å². The summed E-state index contributed by atoms with van der Waals surface area (Å²) in [5, 5.41) is 3.50. The van der Waals surface area contributed by atoms with Crippen LogP contribution in [-0.2, 0) is 6.54 Å². The summed E-state index contributed by atoms with van der Waals surface area (Å²) in [6, 6.07) is 0.580. The largest absolute Gasteiger partial charge is 0.451 e. The molecule has 2 unspecified atom stereocenters. The third kappa shape index (κ3) is 2.13. The zero-order valence-electron chi connectivity index (χ0n) is 8.73. The minimum absolute atomic E-state index is 0.580. The first-order chi connectivity index (χ1) is 6.75. The third-order valence-electron chi connectivity index (χ3n) is 2.82. The Hall–Kier alpha value is -0.870. The highest BCUT2D eigenvalue weighted by Crippen LogP contribution is 2.14.